The number of rotatable bonds is 9. The first-order valence-corrected chi connectivity index (χ1v) is 8.16. The van der Waals surface area contributed by atoms with Crippen LogP contribution in [0.5, 0.6) is 0 Å². The van der Waals surface area contributed by atoms with Gasteiger partial charge in [-0.05, 0) is 37.7 Å². The molecule has 0 aromatic heterocycles. The molecule has 1 rings (SSSR count). The highest BCUT2D eigenvalue weighted by molar-refractivity contribution is 7.46. The molecule has 1 aliphatic carbocycles. The molecule has 132 valence electrons. The number of ether oxygens (including phenoxy) is 1. The topological polar surface area (TPSA) is 166 Å². The molecule has 0 saturated heterocycles. The van der Waals surface area contributed by atoms with Crippen LogP contribution in [-0.2, 0) is 18.6 Å². The van der Waals surface area contributed by atoms with E-state index in [4.69, 9.17) is 19.6 Å². The summed E-state index contributed by atoms with van der Waals surface area (Å²) in [5.41, 5.74) is 0.707. The van der Waals surface area contributed by atoms with Gasteiger partial charge in [0.15, 0.2) is 6.10 Å². The molecule has 0 radical (unpaired) electrons. The third-order valence-electron chi connectivity index (χ3n) is 3.00. The number of allylic oxidation sites excluding steroid dienone is 1. The zero-order valence-corrected chi connectivity index (χ0v) is 13.2. The first-order valence-electron chi connectivity index (χ1n) is 6.63. The smallest absolute Gasteiger partial charge is 0.469 e. The van der Waals surface area contributed by atoms with Gasteiger partial charge in [-0.1, -0.05) is 6.08 Å². The van der Waals surface area contributed by atoms with Gasteiger partial charge in [0.2, 0.25) is 5.79 Å². The molecule has 6 N–H and O–H groups in total. The minimum absolute atomic E-state index is 0.573. The summed E-state index contributed by atoms with van der Waals surface area (Å²) in [5.74, 6) is -3.96. The number of hydrogen-bond donors (Lipinski definition) is 6. The van der Waals surface area contributed by atoms with Gasteiger partial charge in [-0.2, -0.15) is 0 Å². The number of nitrogens with one attached hydrogen (secondary N) is 1. The zero-order chi connectivity index (χ0) is 17.7. The van der Waals surface area contributed by atoms with Crippen molar-refractivity contribution < 1.29 is 43.7 Å². The van der Waals surface area contributed by atoms with E-state index in [2.05, 4.69) is 9.84 Å². The molecule has 23 heavy (non-hydrogen) atoms. The fourth-order valence-electron chi connectivity index (χ4n) is 1.80. The highest BCUT2D eigenvalue weighted by Gasteiger charge is 2.40. The summed E-state index contributed by atoms with van der Waals surface area (Å²) < 4.78 is 19.6. The van der Waals surface area contributed by atoms with Crippen molar-refractivity contribution in [3.05, 3.63) is 23.8 Å². The molecule has 3 unspecified atom stereocenters. The van der Waals surface area contributed by atoms with Crippen LogP contribution in [-0.4, -0.2) is 69.3 Å². The molecule has 0 amide bonds. The van der Waals surface area contributed by atoms with Gasteiger partial charge in [0.05, 0.1) is 6.61 Å². The van der Waals surface area contributed by atoms with Crippen molar-refractivity contribution in [1.29, 1.82) is 0 Å². The lowest BCUT2D eigenvalue weighted by Gasteiger charge is -2.33. The van der Waals surface area contributed by atoms with Crippen molar-refractivity contribution >= 4 is 13.8 Å². The molecule has 0 fully saturated rings. The van der Waals surface area contributed by atoms with Crippen molar-refractivity contribution in [2.24, 2.45) is 0 Å². The van der Waals surface area contributed by atoms with E-state index in [0.29, 0.717) is 18.5 Å². The Bertz CT molecular complexity index is 529. The van der Waals surface area contributed by atoms with Crippen molar-refractivity contribution in [2.45, 2.75) is 24.4 Å². The molecule has 0 aromatic carbocycles. The minimum atomic E-state index is -4.90. The maximum absolute atomic E-state index is 11.0. The van der Waals surface area contributed by atoms with E-state index in [0.717, 1.165) is 6.08 Å². The number of carboxylic acid groups (broad SMARTS) is 1. The van der Waals surface area contributed by atoms with Crippen LogP contribution in [0.1, 0.15) is 6.42 Å². The number of carboxylic acids is 1. The number of aliphatic hydroxyl groups excluding tert-OH is 1. The number of phosphoric acid groups is 1. The van der Waals surface area contributed by atoms with Crippen molar-refractivity contribution in [2.75, 3.05) is 20.2 Å². The lowest BCUT2D eigenvalue weighted by molar-refractivity contribution is -0.242. The van der Waals surface area contributed by atoms with Gasteiger partial charge in [-0.25, -0.2) is 9.36 Å². The summed E-state index contributed by atoms with van der Waals surface area (Å²) in [6, 6.07) is 0. The predicted molar refractivity (Wildman–Crippen MR) is 77.2 cm³/mol. The standard InChI is InChI=1S/C12H20NO9P/c1-13-5-3-8-2-4-12(17,10(14)6-8)22-9(11(15)16)7-21-23(18,19)20/h2,4,6,9-10,13-14,17H,3,5,7H2,1H3,(H,15,16)(H2,18,19,20). The Morgan fingerprint density at radius 1 is 1.52 bits per heavy atom. The van der Waals surface area contributed by atoms with Crippen LogP contribution in [0.25, 0.3) is 0 Å². The normalized spacial score (nSPS) is 26.0. The fourth-order valence-corrected chi connectivity index (χ4v) is 2.13. The van der Waals surface area contributed by atoms with E-state index in [1.165, 1.54) is 12.2 Å². The second-order valence-corrected chi connectivity index (χ2v) is 6.10. The van der Waals surface area contributed by atoms with Crippen molar-refractivity contribution in [3.8, 4) is 0 Å². The minimum Gasteiger partial charge on any atom is -0.479 e. The Morgan fingerprint density at radius 3 is 2.65 bits per heavy atom. The van der Waals surface area contributed by atoms with Crippen LogP contribution in [0, 0.1) is 0 Å². The molecule has 11 heteroatoms. The molecule has 0 aliphatic heterocycles. The van der Waals surface area contributed by atoms with E-state index in [1.54, 1.807) is 7.05 Å². The third-order valence-corrected chi connectivity index (χ3v) is 3.48. The van der Waals surface area contributed by atoms with Crippen LogP contribution in [0.3, 0.4) is 0 Å². The molecule has 0 heterocycles. The van der Waals surface area contributed by atoms with Gasteiger partial charge >= 0.3 is 13.8 Å². The highest BCUT2D eigenvalue weighted by Crippen LogP contribution is 2.36. The van der Waals surface area contributed by atoms with Crippen LogP contribution in [0.15, 0.2) is 23.8 Å². The Hall–Kier alpha value is -1.10. The van der Waals surface area contributed by atoms with Gasteiger partial charge in [-0.3, -0.25) is 4.52 Å². The van der Waals surface area contributed by atoms with Gasteiger partial charge < -0.3 is 35.2 Å². The lowest BCUT2D eigenvalue weighted by atomic mass is 9.97. The number of carbonyl (C=O) groups is 1. The Balaban J connectivity index is 2.76. The summed E-state index contributed by atoms with van der Waals surface area (Å²) in [4.78, 5) is 28.2. The molecular weight excluding hydrogens is 333 g/mol. The molecule has 3 atom stereocenters. The summed E-state index contributed by atoms with van der Waals surface area (Å²) in [6.45, 7) is -0.366. The van der Waals surface area contributed by atoms with E-state index >= 15 is 0 Å². The summed E-state index contributed by atoms with van der Waals surface area (Å²) in [6.07, 6.45) is 0.989. The van der Waals surface area contributed by atoms with Gasteiger partial charge in [-0.15, -0.1) is 0 Å². The second kappa shape index (κ2) is 8.13. The Morgan fingerprint density at radius 2 is 2.17 bits per heavy atom. The molecule has 1 aliphatic rings. The first kappa shape index (κ1) is 19.9. The summed E-state index contributed by atoms with van der Waals surface area (Å²) in [7, 11) is -3.15. The van der Waals surface area contributed by atoms with E-state index < -0.39 is 38.4 Å². The molecule has 0 spiro atoms. The summed E-state index contributed by atoms with van der Waals surface area (Å²) in [5, 5.41) is 32.0. The predicted octanol–water partition coefficient (Wildman–Crippen LogP) is -1.28. The third kappa shape index (κ3) is 6.50. The van der Waals surface area contributed by atoms with Crippen molar-refractivity contribution in [1.82, 2.24) is 5.32 Å². The molecule has 0 saturated carbocycles. The molecule has 10 nitrogen and oxygen atoms in total. The molecular formula is C12H20NO9P. The average molecular weight is 353 g/mol. The fraction of sp³-hybridized carbons (Fsp3) is 0.583. The lowest BCUT2D eigenvalue weighted by Crippen LogP contribution is -2.49. The molecule has 0 bridgehead atoms. The summed E-state index contributed by atoms with van der Waals surface area (Å²) >= 11 is 0. The van der Waals surface area contributed by atoms with E-state index in [9.17, 15) is 19.6 Å². The molecule has 0 aromatic rings. The first-order chi connectivity index (χ1) is 10.6. The number of hydrogen-bond acceptors (Lipinski definition) is 7. The van der Waals surface area contributed by atoms with Crippen LogP contribution < -0.4 is 5.32 Å². The number of aliphatic hydroxyl groups is 2. The second-order valence-electron chi connectivity index (χ2n) is 4.86. The Labute approximate surface area is 132 Å². The van der Waals surface area contributed by atoms with Gasteiger partial charge in [0, 0.05) is 0 Å². The zero-order valence-electron chi connectivity index (χ0n) is 12.3. The van der Waals surface area contributed by atoms with Crippen LogP contribution in [0.4, 0.5) is 0 Å². The highest BCUT2D eigenvalue weighted by atomic mass is 31.2. The number of aliphatic carboxylic acids is 1. The van der Waals surface area contributed by atoms with Gasteiger partial charge in [0.1, 0.15) is 6.10 Å². The van der Waals surface area contributed by atoms with Crippen LogP contribution in [0.2, 0.25) is 0 Å². The monoisotopic (exact) mass is 353 g/mol. The number of phosphoric ester groups is 1. The van der Waals surface area contributed by atoms with E-state index in [-0.39, 0.29) is 0 Å². The maximum Gasteiger partial charge on any atom is 0.469 e. The SMILES string of the molecule is CNCCC1=CC(O)C(O)(OC(COP(=O)(O)O)C(=O)O)C=C1. The quantitative estimate of drug-likeness (QED) is 0.217. The Kier molecular flexibility index (Phi) is 7.05. The maximum atomic E-state index is 11.0. The van der Waals surface area contributed by atoms with E-state index in [1.807, 2.05) is 0 Å². The largest absolute Gasteiger partial charge is 0.479 e. The van der Waals surface area contributed by atoms with Crippen LogP contribution >= 0.6 is 7.82 Å². The van der Waals surface area contributed by atoms with Crippen molar-refractivity contribution in [3.63, 3.8) is 0 Å². The van der Waals surface area contributed by atoms with Gasteiger partial charge in [0.25, 0.3) is 0 Å². The average Bonchev–Trinajstić information content (AvgIpc) is 2.44.